The van der Waals surface area contributed by atoms with E-state index in [1.54, 1.807) is 14.1 Å². The van der Waals surface area contributed by atoms with Gasteiger partial charge in [-0.25, -0.2) is 14.8 Å². The second-order valence-corrected chi connectivity index (χ2v) is 4.21. The van der Waals surface area contributed by atoms with Gasteiger partial charge in [-0.2, -0.15) is 0 Å². The summed E-state index contributed by atoms with van der Waals surface area (Å²) < 4.78 is 0. The quantitative estimate of drug-likeness (QED) is 0.662. The fourth-order valence-electron chi connectivity index (χ4n) is 1.62. The van der Waals surface area contributed by atoms with Crippen molar-refractivity contribution in [2.45, 2.75) is 13.3 Å². The van der Waals surface area contributed by atoms with Crippen LogP contribution in [0.1, 0.15) is 12.5 Å². The minimum Gasteiger partial charge on any atom is -0.373 e. The molecule has 0 spiro atoms. The molecule has 2 amide bonds. The summed E-state index contributed by atoms with van der Waals surface area (Å²) in [6.07, 6.45) is 2.36. The largest absolute Gasteiger partial charge is 0.373 e. The molecule has 0 bridgehead atoms. The number of urea groups is 1. The lowest BCUT2D eigenvalue weighted by Gasteiger charge is -2.14. The van der Waals surface area contributed by atoms with E-state index in [9.17, 15) is 4.79 Å². The monoisotopic (exact) mass is 266 g/mol. The topological polar surface area (TPSA) is 82.2 Å². The van der Waals surface area contributed by atoms with E-state index in [1.807, 2.05) is 7.05 Å². The van der Waals surface area contributed by atoms with Gasteiger partial charge < -0.3 is 20.9 Å². The Labute approximate surface area is 113 Å². The summed E-state index contributed by atoms with van der Waals surface area (Å²) in [7, 11) is 5.26. The van der Waals surface area contributed by atoms with Crippen molar-refractivity contribution in [2.75, 3.05) is 44.9 Å². The van der Waals surface area contributed by atoms with Crippen LogP contribution in [0.5, 0.6) is 0 Å². The van der Waals surface area contributed by atoms with E-state index in [-0.39, 0.29) is 6.03 Å². The van der Waals surface area contributed by atoms with Crippen LogP contribution in [0, 0.1) is 0 Å². The minimum atomic E-state index is -0.101. The summed E-state index contributed by atoms with van der Waals surface area (Å²) in [6, 6.07) is -0.101. The van der Waals surface area contributed by atoms with Crippen LogP contribution >= 0.6 is 0 Å². The zero-order chi connectivity index (χ0) is 14.3. The highest BCUT2D eigenvalue weighted by atomic mass is 16.2. The highest BCUT2D eigenvalue weighted by Crippen LogP contribution is 2.19. The molecule has 3 N–H and O–H groups in total. The van der Waals surface area contributed by atoms with Crippen LogP contribution in [0.3, 0.4) is 0 Å². The van der Waals surface area contributed by atoms with E-state index >= 15 is 0 Å². The molecule has 0 radical (unpaired) electrons. The molecule has 0 aliphatic heterocycles. The first kappa shape index (κ1) is 15.0. The van der Waals surface area contributed by atoms with Gasteiger partial charge in [-0.1, -0.05) is 6.92 Å². The van der Waals surface area contributed by atoms with E-state index in [4.69, 9.17) is 0 Å². The van der Waals surface area contributed by atoms with Gasteiger partial charge in [-0.05, 0) is 6.42 Å². The highest BCUT2D eigenvalue weighted by Gasteiger charge is 2.08. The standard InChI is InChI=1S/C12H22N6O/c1-5-9-10(13-2)16-8-17-11(9)14-6-7-15-12(19)18(3)4/h8H,5-7H2,1-4H3,(H,15,19)(H2,13,14,16,17). The summed E-state index contributed by atoms with van der Waals surface area (Å²) in [4.78, 5) is 21.2. The first-order chi connectivity index (χ1) is 9.10. The Hall–Kier alpha value is -2.05. The lowest BCUT2D eigenvalue weighted by atomic mass is 10.2. The Balaban J connectivity index is 2.51. The first-order valence-electron chi connectivity index (χ1n) is 6.30. The molecule has 0 saturated carbocycles. The van der Waals surface area contributed by atoms with Gasteiger partial charge in [0.25, 0.3) is 0 Å². The Morgan fingerprint density at radius 1 is 1.26 bits per heavy atom. The average Bonchev–Trinajstić information content (AvgIpc) is 2.42. The van der Waals surface area contributed by atoms with Crippen LogP contribution < -0.4 is 16.0 Å². The maximum atomic E-state index is 11.3. The second-order valence-electron chi connectivity index (χ2n) is 4.21. The maximum Gasteiger partial charge on any atom is 0.316 e. The Bertz CT molecular complexity index is 421. The van der Waals surface area contributed by atoms with Gasteiger partial charge in [-0.15, -0.1) is 0 Å². The molecule has 1 aromatic heterocycles. The molecule has 0 aliphatic rings. The molecule has 1 rings (SSSR count). The van der Waals surface area contributed by atoms with E-state index in [0.717, 1.165) is 23.6 Å². The van der Waals surface area contributed by atoms with E-state index in [2.05, 4.69) is 32.8 Å². The van der Waals surface area contributed by atoms with E-state index < -0.39 is 0 Å². The Morgan fingerprint density at radius 3 is 2.53 bits per heavy atom. The third-order valence-corrected chi connectivity index (χ3v) is 2.64. The van der Waals surface area contributed by atoms with Gasteiger partial charge in [0, 0.05) is 39.8 Å². The van der Waals surface area contributed by atoms with Crippen molar-refractivity contribution in [3.63, 3.8) is 0 Å². The van der Waals surface area contributed by atoms with Crippen LogP contribution in [-0.2, 0) is 6.42 Å². The molecule has 7 heteroatoms. The van der Waals surface area contributed by atoms with Crippen molar-refractivity contribution in [1.29, 1.82) is 0 Å². The van der Waals surface area contributed by atoms with Crippen molar-refractivity contribution in [3.8, 4) is 0 Å². The molecular formula is C12H22N6O. The summed E-state index contributed by atoms with van der Waals surface area (Å²) in [5, 5.41) is 9.04. The molecule has 0 saturated heterocycles. The van der Waals surface area contributed by atoms with Gasteiger partial charge in [0.15, 0.2) is 0 Å². The number of carbonyl (C=O) groups is 1. The van der Waals surface area contributed by atoms with Crippen LogP contribution in [-0.4, -0.2) is 55.1 Å². The zero-order valence-electron chi connectivity index (χ0n) is 11.9. The summed E-state index contributed by atoms with van der Waals surface area (Å²) >= 11 is 0. The number of nitrogens with zero attached hydrogens (tertiary/aromatic N) is 3. The van der Waals surface area contributed by atoms with Gasteiger partial charge in [0.1, 0.15) is 18.0 Å². The van der Waals surface area contributed by atoms with Crippen LogP contribution in [0.2, 0.25) is 0 Å². The number of amides is 2. The van der Waals surface area contributed by atoms with Gasteiger partial charge >= 0.3 is 6.03 Å². The van der Waals surface area contributed by atoms with Crippen molar-refractivity contribution in [3.05, 3.63) is 11.9 Å². The number of rotatable bonds is 6. The number of anilines is 2. The highest BCUT2D eigenvalue weighted by molar-refractivity contribution is 5.73. The maximum absolute atomic E-state index is 11.3. The lowest BCUT2D eigenvalue weighted by Crippen LogP contribution is -2.37. The zero-order valence-corrected chi connectivity index (χ0v) is 11.9. The summed E-state index contributed by atoms with van der Waals surface area (Å²) in [6.45, 7) is 3.21. The van der Waals surface area contributed by atoms with Crippen LogP contribution in [0.25, 0.3) is 0 Å². The Morgan fingerprint density at radius 2 is 1.95 bits per heavy atom. The summed E-state index contributed by atoms with van der Waals surface area (Å²) in [5.74, 6) is 1.64. The molecule has 7 nitrogen and oxygen atoms in total. The number of nitrogens with one attached hydrogen (secondary N) is 3. The first-order valence-corrected chi connectivity index (χ1v) is 6.30. The number of aromatic nitrogens is 2. The number of carbonyl (C=O) groups excluding carboxylic acids is 1. The van der Waals surface area contributed by atoms with Gasteiger partial charge in [0.2, 0.25) is 0 Å². The van der Waals surface area contributed by atoms with Crippen molar-refractivity contribution in [1.82, 2.24) is 20.2 Å². The van der Waals surface area contributed by atoms with Gasteiger partial charge in [0.05, 0.1) is 0 Å². The molecule has 0 unspecified atom stereocenters. The molecule has 0 aromatic carbocycles. The minimum absolute atomic E-state index is 0.101. The number of hydrogen-bond donors (Lipinski definition) is 3. The van der Waals surface area contributed by atoms with Crippen LogP contribution in [0.4, 0.5) is 16.4 Å². The fraction of sp³-hybridized carbons (Fsp3) is 0.583. The van der Waals surface area contributed by atoms with Crippen molar-refractivity contribution in [2.24, 2.45) is 0 Å². The lowest BCUT2D eigenvalue weighted by molar-refractivity contribution is 0.218. The molecule has 0 aliphatic carbocycles. The fourth-order valence-corrected chi connectivity index (χ4v) is 1.62. The molecule has 19 heavy (non-hydrogen) atoms. The summed E-state index contributed by atoms with van der Waals surface area (Å²) in [5.41, 5.74) is 1.05. The number of hydrogen-bond acceptors (Lipinski definition) is 5. The molecule has 0 atom stereocenters. The normalized spacial score (nSPS) is 9.89. The van der Waals surface area contributed by atoms with E-state index in [1.165, 1.54) is 11.2 Å². The van der Waals surface area contributed by atoms with Crippen molar-refractivity contribution < 1.29 is 4.79 Å². The third-order valence-electron chi connectivity index (χ3n) is 2.64. The third kappa shape index (κ3) is 4.27. The molecule has 0 fully saturated rings. The molecule has 1 heterocycles. The smallest absolute Gasteiger partial charge is 0.316 e. The average molecular weight is 266 g/mol. The predicted molar refractivity (Wildman–Crippen MR) is 76.5 cm³/mol. The van der Waals surface area contributed by atoms with Crippen molar-refractivity contribution >= 4 is 17.7 Å². The molecule has 106 valence electrons. The van der Waals surface area contributed by atoms with Gasteiger partial charge in [-0.3, -0.25) is 0 Å². The Kier molecular flexibility index (Phi) is 5.84. The van der Waals surface area contributed by atoms with E-state index in [0.29, 0.717) is 13.1 Å². The predicted octanol–water partition coefficient (Wildman–Crippen LogP) is 0.764. The molecular weight excluding hydrogens is 244 g/mol. The van der Waals surface area contributed by atoms with Crippen LogP contribution in [0.15, 0.2) is 6.33 Å². The molecule has 1 aromatic rings. The SMILES string of the molecule is CCc1c(NC)ncnc1NCCNC(=O)N(C)C. The second kappa shape index (κ2) is 7.40.